The van der Waals surface area contributed by atoms with Gasteiger partial charge in [-0.2, -0.15) is 4.31 Å². The zero-order chi connectivity index (χ0) is 28.4. The lowest BCUT2D eigenvalue weighted by atomic mass is 9.88. The van der Waals surface area contributed by atoms with Crippen molar-refractivity contribution in [1.82, 2.24) is 13.9 Å². The molecule has 2 saturated heterocycles. The highest BCUT2D eigenvalue weighted by atomic mass is 32.2. The molecule has 216 valence electrons. The first-order chi connectivity index (χ1) is 18.3. The van der Waals surface area contributed by atoms with Crippen molar-refractivity contribution in [2.45, 2.75) is 53.7 Å². The molecule has 2 N–H and O–H groups in total. The lowest BCUT2D eigenvalue weighted by Gasteiger charge is -2.38. The van der Waals surface area contributed by atoms with Crippen LogP contribution in [0.2, 0.25) is 0 Å². The van der Waals surface area contributed by atoms with Crippen LogP contribution in [0.1, 0.15) is 24.8 Å². The highest BCUT2D eigenvalue weighted by Gasteiger charge is 2.45. The second kappa shape index (κ2) is 11.8. The number of benzene rings is 2. The van der Waals surface area contributed by atoms with Gasteiger partial charge >= 0.3 is 0 Å². The van der Waals surface area contributed by atoms with Crippen LogP contribution in [0.4, 0.5) is 4.39 Å². The van der Waals surface area contributed by atoms with Crippen LogP contribution < -0.4 is 10.1 Å². The molecular weight excluding hydrogens is 549 g/mol. The molecule has 2 fully saturated rings. The maximum absolute atomic E-state index is 14.3. The molecule has 13 heteroatoms. The van der Waals surface area contributed by atoms with Crippen molar-refractivity contribution in [3.05, 3.63) is 53.8 Å². The first-order valence-electron chi connectivity index (χ1n) is 12.8. The topological polar surface area (TPSA) is 125 Å². The Labute approximate surface area is 229 Å². The number of nitrogens with one attached hydrogen (secondary N) is 1. The van der Waals surface area contributed by atoms with Gasteiger partial charge in [-0.05, 0) is 56.0 Å². The van der Waals surface area contributed by atoms with Crippen molar-refractivity contribution < 1.29 is 35.8 Å². The predicted molar refractivity (Wildman–Crippen MR) is 143 cm³/mol. The summed E-state index contributed by atoms with van der Waals surface area (Å²) < 4.78 is 79.1. The largest absolute Gasteiger partial charge is 0.491 e. The van der Waals surface area contributed by atoms with Crippen LogP contribution in [0.25, 0.3) is 0 Å². The van der Waals surface area contributed by atoms with Crippen LogP contribution >= 0.6 is 0 Å². The second-order valence-corrected chi connectivity index (χ2v) is 14.4. The molecule has 10 nitrogen and oxygen atoms in total. The molecule has 0 radical (unpaired) electrons. The van der Waals surface area contributed by atoms with Gasteiger partial charge in [-0.25, -0.2) is 25.5 Å². The van der Waals surface area contributed by atoms with Crippen molar-refractivity contribution >= 4 is 20.0 Å². The Kier molecular flexibility index (Phi) is 9.01. The van der Waals surface area contributed by atoms with Crippen LogP contribution in [0, 0.1) is 12.7 Å². The summed E-state index contributed by atoms with van der Waals surface area (Å²) in [5.41, 5.74) is 0.212. The van der Waals surface area contributed by atoms with Crippen molar-refractivity contribution in [1.29, 1.82) is 0 Å². The quantitative estimate of drug-likeness (QED) is 0.432. The highest BCUT2D eigenvalue weighted by molar-refractivity contribution is 7.89. The normalized spacial score (nSPS) is 20.9. The average molecular weight is 586 g/mol. The molecule has 4 rings (SSSR count). The second-order valence-electron chi connectivity index (χ2n) is 10.4. The molecule has 2 atom stereocenters. The van der Waals surface area contributed by atoms with E-state index in [-0.39, 0.29) is 42.1 Å². The molecule has 2 aromatic carbocycles. The van der Waals surface area contributed by atoms with Crippen molar-refractivity contribution in [2.24, 2.45) is 0 Å². The average Bonchev–Trinajstić information content (AvgIpc) is 3.30. The van der Waals surface area contributed by atoms with E-state index in [0.717, 1.165) is 4.31 Å². The van der Waals surface area contributed by atoms with Crippen LogP contribution in [-0.4, -0.2) is 95.2 Å². The van der Waals surface area contributed by atoms with Crippen LogP contribution in [0.15, 0.2) is 52.3 Å². The van der Waals surface area contributed by atoms with E-state index in [1.807, 2.05) is 0 Å². The maximum Gasteiger partial charge on any atom is 0.245 e. The summed E-state index contributed by atoms with van der Waals surface area (Å²) in [5.74, 6) is -0.413. The van der Waals surface area contributed by atoms with Gasteiger partial charge in [-0.1, -0.05) is 12.1 Å². The first kappa shape index (κ1) is 29.8. The van der Waals surface area contributed by atoms with Gasteiger partial charge in [0.05, 0.1) is 17.1 Å². The van der Waals surface area contributed by atoms with Gasteiger partial charge in [-0.3, -0.25) is 0 Å². The number of sulfonamides is 2. The number of aliphatic hydroxyl groups excluding tert-OH is 1. The summed E-state index contributed by atoms with van der Waals surface area (Å²) in [6.45, 7) is 2.84. The third-order valence-corrected chi connectivity index (χ3v) is 10.9. The number of nitrogens with zero attached hydrogens (tertiary/aromatic N) is 2. The molecule has 0 amide bonds. The molecule has 39 heavy (non-hydrogen) atoms. The van der Waals surface area contributed by atoms with E-state index in [9.17, 15) is 26.3 Å². The molecular formula is C26H36FN3O7S2. The number of aryl methyl sites for hydroxylation is 1. The van der Waals surface area contributed by atoms with Gasteiger partial charge in [0.2, 0.25) is 20.0 Å². The summed E-state index contributed by atoms with van der Waals surface area (Å²) in [6.07, 6.45) is 0.815. The summed E-state index contributed by atoms with van der Waals surface area (Å²) in [7, 11) is -4.62. The van der Waals surface area contributed by atoms with Gasteiger partial charge in [0.25, 0.3) is 0 Å². The van der Waals surface area contributed by atoms with E-state index in [2.05, 4.69) is 5.32 Å². The first-order valence-corrected chi connectivity index (χ1v) is 15.7. The molecule has 2 aliphatic rings. The van der Waals surface area contributed by atoms with Crippen molar-refractivity contribution in [2.75, 3.05) is 46.9 Å². The Morgan fingerprint density at radius 3 is 2.59 bits per heavy atom. The Balaban J connectivity index is 1.24. The lowest BCUT2D eigenvalue weighted by Crippen LogP contribution is -2.47. The minimum Gasteiger partial charge on any atom is -0.491 e. The minimum absolute atomic E-state index is 0.0226. The van der Waals surface area contributed by atoms with Gasteiger partial charge in [0, 0.05) is 45.8 Å². The van der Waals surface area contributed by atoms with Crippen molar-refractivity contribution in [3.8, 4) is 5.75 Å². The molecule has 0 bridgehead atoms. The fraction of sp³-hybridized carbons (Fsp3) is 0.538. The fourth-order valence-corrected chi connectivity index (χ4v) is 7.42. The van der Waals surface area contributed by atoms with Crippen LogP contribution in [-0.2, 0) is 24.8 Å². The van der Waals surface area contributed by atoms with E-state index in [0.29, 0.717) is 37.2 Å². The number of ether oxygens (including phenoxy) is 2. The van der Waals surface area contributed by atoms with E-state index < -0.39 is 37.6 Å². The van der Waals surface area contributed by atoms with Gasteiger partial charge in [0.15, 0.2) is 0 Å². The van der Waals surface area contributed by atoms with E-state index in [1.54, 1.807) is 25.1 Å². The van der Waals surface area contributed by atoms with Crippen molar-refractivity contribution in [3.63, 3.8) is 0 Å². The lowest BCUT2D eigenvalue weighted by molar-refractivity contribution is -0.0312. The number of aliphatic hydroxyl groups is 1. The molecule has 2 aromatic rings. The highest BCUT2D eigenvalue weighted by Crippen LogP contribution is 2.37. The Morgan fingerprint density at radius 1 is 1.18 bits per heavy atom. The molecule has 1 spiro atoms. The molecule has 0 saturated carbocycles. The van der Waals surface area contributed by atoms with Crippen LogP contribution in [0.3, 0.4) is 0 Å². The van der Waals surface area contributed by atoms with Gasteiger partial charge in [-0.15, -0.1) is 0 Å². The maximum atomic E-state index is 14.3. The summed E-state index contributed by atoms with van der Waals surface area (Å²) in [5, 5.41) is 13.7. The van der Waals surface area contributed by atoms with Crippen LogP contribution in [0.5, 0.6) is 5.75 Å². The number of piperidine rings is 1. The van der Waals surface area contributed by atoms with Gasteiger partial charge < -0.3 is 19.9 Å². The number of hydrogen-bond acceptors (Lipinski definition) is 8. The van der Waals surface area contributed by atoms with E-state index in [4.69, 9.17) is 9.47 Å². The molecule has 0 aromatic heterocycles. The SMILES string of the molecule is Cc1ccc(F)c(S(=O)(=O)N2CCC3(CC2)CC(NCC(O)COc2cccc(S(=O)(=O)N(C)C)c2)CO3)c1. The molecule has 2 heterocycles. The number of rotatable bonds is 10. The summed E-state index contributed by atoms with van der Waals surface area (Å²) >= 11 is 0. The van der Waals surface area contributed by atoms with E-state index in [1.165, 1.54) is 42.7 Å². The third-order valence-electron chi connectivity index (χ3n) is 7.22. The smallest absolute Gasteiger partial charge is 0.245 e. The number of hydrogen-bond donors (Lipinski definition) is 2. The monoisotopic (exact) mass is 585 g/mol. The zero-order valence-electron chi connectivity index (χ0n) is 22.3. The predicted octanol–water partition coefficient (Wildman–Crippen LogP) is 1.73. The standard InChI is InChI=1S/C26H36FN3O7S2/c1-19-7-8-24(27)25(13-19)39(34,35)30-11-9-26(10-12-30)15-20(17-37-26)28-16-21(31)18-36-22-5-4-6-23(14-22)38(32,33)29(2)3/h4-8,13-14,20-21,28,31H,9-12,15-18H2,1-3H3. The Hall–Kier alpha value is -2.13. The molecule has 0 aliphatic carbocycles. The molecule has 2 unspecified atom stereocenters. The summed E-state index contributed by atoms with van der Waals surface area (Å²) in [6, 6.07) is 10.2. The third kappa shape index (κ3) is 6.79. The number of halogens is 1. The summed E-state index contributed by atoms with van der Waals surface area (Å²) in [4.78, 5) is -0.193. The van der Waals surface area contributed by atoms with E-state index >= 15 is 0 Å². The van der Waals surface area contributed by atoms with Gasteiger partial charge in [0.1, 0.15) is 29.2 Å². The Bertz CT molecular complexity index is 1380. The zero-order valence-corrected chi connectivity index (χ0v) is 24.0. The fourth-order valence-electron chi connectivity index (χ4n) is 4.89. The minimum atomic E-state index is -3.94. The molecule has 2 aliphatic heterocycles. The Morgan fingerprint density at radius 2 is 1.90 bits per heavy atom.